The second-order valence-electron chi connectivity index (χ2n) is 7.31. The number of para-hydroxylation sites is 1. The number of benzene rings is 2. The second kappa shape index (κ2) is 8.30. The predicted molar refractivity (Wildman–Crippen MR) is 116 cm³/mol. The summed E-state index contributed by atoms with van der Waals surface area (Å²) in [6.45, 7) is 8.76. The van der Waals surface area contributed by atoms with Crippen molar-refractivity contribution in [1.29, 1.82) is 0 Å². The van der Waals surface area contributed by atoms with Gasteiger partial charge in [-0.25, -0.2) is 9.97 Å². The molecule has 0 spiro atoms. The fourth-order valence-corrected chi connectivity index (χ4v) is 3.65. The summed E-state index contributed by atoms with van der Waals surface area (Å²) in [6, 6.07) is 21.2. The van der Waals surface area contributed by atoms with Gasteiger partial charge in [0.2, 0.25) is 0 Å². The highest BCUT2D eigenvalue weighted by atomic mass is 15.3. The first-order valence-corrected chi connectivity index (χ1v) is 9.87. The van der Waals surface area contributed by atoms with E-state index in [0.29, 0.717) is 0 Å². The van der Waals surface area contributed by atoms with E-state index in [0.717, 1.165) is 50.2 Å². The van der Waals surface area contributed by atoms with E-state index in [1.165, 1.54) is 16.8 Å². The molecule has 5 nitrogen and oxygen atoms in total. The number of hydrogen-bond acceptors (Lipinski definition) is 5. The first-order valence-electron chi connectivity index (χ1n) is 9.87. The van der Waals surface area contributed by atoms with E-state index in [9.17, 15) is 0 Å². The van der Waals surface area contributed by atoms with E-state index >= 15 is 0 Å². The second-order valence-corrected chi connectivity index (χ2v) is 7.31. The summed E-state index contributed by atoms with van der Waals surface area (Å²) >= 11 is 0. The number of aryl methyl sites for hydroxylation is 2. The van der Waals surface area contributed by atoms with Crippen molar-refractivity contribution in [3.05, 3.63) is 77.6 Å². The van der Waals surface area contributed by atoms with Crippen LogP contribution in [0.1, 0.15) is 17.0 Å². The van der Waals surface area contributed by atoms with Gasteiger partial charge in [-0.3, -0.25) is 0 Å². The monoisotopic (exact) mass is 373 g/mol. The lowest BCUT2D eigenvalue weighted by molar-refractivity contribution is 0.646. The van der Waals surface area contributed by atoms with Gasteiger partial charge >= 0.3 is 0 Å². The van der Waals surface area contributed by atoms with Crippen molar-refractivity contribution in [2.24, 2.45) is 0 Å². The van der Waals surface area contributed by atoms with Gasteiger partial charge < -0.3 is 15.1 Å². The Morgan fingerprint density at radius 2 is 1.57 bits per heavy atom. The fourth-order valence-electron chi connectivity index (χ4n) is 3.65. The third-order valence-electron chi connectivity index (χ3n) is 5.11. The highest BCUT2D eigenvalue weighted by Crippen LogP contribution is 2.21. The van der Waals surface area contributed by atoms with Crippen molar-refractivity contribution in [3.63, 3.8) is 0 Å². The van der Waals surface area contributed by atoms with Gasteiger partial charge in [0.15, 0.2) is 0 Å². The molecule has 1 aliphatic heterocycles. The molecule has 1 saturated heterocycles. The van der Waals surface area contributed by atoms with Crippen molar-refractivity contribution < 1.29 is 0 Å². The van der Waals surface area contributed by atoms with E-state index in [1.807, 2.05) is 6.92 Å². The van der Waals surface area contributed by atoms with Crippen molar-refractivity contribution in [2.45, 2.75) is 20.4 Å². The highest BCUT2D eigenvalue weighted by molar-refractivity contribution is 5.53. The molecule has 1 fully saturated rings. The van der Waals surface area contributed by atoms with Gasteiger partial charge in [0.25, 0.3) is 0 Å². The molecular formula is C23H27N5. The molecule has 0 unspecified atom stereocenters. The summed E-state index contributed by atoms with van der Waals surface area (Å²) in [5.74, 6) is 2.69. The maximum absolute atomic E-state index is 4.68. The summed E-state index contributed by atoms with van der Waals surface area (Å²) in [5, 5.41) is 3.45. The SMILES string of the molecule is Cc1cccc(CNc2cc(N3CCN(c4ccccc4)CC3)nc(C)n2)c1. The van der Waals surface area contributed by atoms with Gasteiger partial charge in [-0.05, 0) is 31.5 Å². The summed E-state index contributed by atoms with van der Waals surface area (Å²) < 4.78 is 0. The van der Waals surface area contributed by atoms with Crippen LogP contribution in [0.5, 0.6) is 0 Å². The standard InChI is InChI=1S/C23H27N5/c1-18-7-6-8-20(15-18)17-24-22-16-23(26-19(2)25-22)28-13-11-27(12-14-28)21-9-4-3-5-10-21/h3-10,15-16H,11-14,17H2,1-2H3,(H,24,25,26). The molecule has 4 rings (SSSR count). The van der Waals surface area contributed by atoms with Crippen LogP contribution in [0.2, 0.25) is 0 Å². The van der Waals surface area contributed by atoms with E-state index in [1.54, 1.807) is 0 Å². The Balaban J connectivity index is 1.41. The Morgan fingerprint density at radius 1 is 0.821 bits per heavy atom. The zero-order chi connectivity index (χ0) is 19.3. The summed E-state index contributed by atoms with van der Waals surface area (Å²) in [4.78, 5) is 14.0. The van der Waals surface area contributed by atoms with Gasteiger partial charge in [0, 0.05) is 44.5 Å². The van der Waals surface area contributed by atoms with Crippen LogP contribution in [0.25, 0.3) is 0 Å². The maximum Gasteiger partial charge on any atom is 0.134 e. The third kappa shape index (κ3) is 4.42. The van der Waals surface area contributed by atoms with Gasteiger partial charge in [-0.15, -0.1) is 0 Å². The Morgan fingerprint density at radius 3 is 2.32 bits per heavy atom. The topological polar surface area (TPSA) is 44.3 Å². The van der Waals surface area contributed by atoms with Crippen molar-refractivity contribution in [3.8, 4) is 0 Å². The number of hydrogen-bond donors (Lipinski definition) is 1. The molecular weight excluding hydrogens is 346 g/mol. The minimum atomic E-state index is 0.763. The minimum absolute atomic E-state index is 0.763. The summed E-state index contributed by atoms with van der Waals surface area (Å²) in [6.07, 6.45) is 0. The number of aromatic nitrogens is 2. The molecule has 28 heavy (non-hydrogen) atoms. The fraction of sp³-hybridized carbons (Fsp3) is 0.304. The van der Waals surface area contributed by atoms with E-state index in [-0.39, 0.29) is 0 Å². The van der Waals surface area contributed by atoms with E-state index in [4.69, 9.17) is 0 Å². The highest BCUT2D eigenvalue weighted by Gasteiger charge is 2.19. The van der Waals surface area contributed by atoms with Gasteiger partial charge in [0.1, 0.15) is 17.5 Å². The molecule has 0 amide bonds. The lowest BCUT2D eigenvalue weighted by atomic mass is 10.1. The average molecular weight is 374 g/mol. The molecule has 1 N–H and O–H groups in total. The van der Waals surface area contributed by atoms with Crippen molar-refractivity contribution in [2.75, 3.05) is 41.3 Å². The van der Waals surface area contributed by atoms with Crippen molar-refractivity contribution >= 4 is 17.3 Å². The third-order valence-corrected chi connectivity index (χ3v) is 5.11. The van der Waals surface area contributed by atoms with Gasteiger partial charge in [-0.2, -0.15) is 0 Å². The Hall–Kier alpha value is -3.08. The first-order chi connectivity index (χ1) is 13.7. The maximum atomic E-state index is 4.68. The number of anilines is 3. The minimum Gasteiger partial charge on any atom is -0.368 e. The Bertz CT molecular complexity index is 917. The van der Waals surface area contributed by atoms with Crippen molar-refractivity contribution in [1.82, 2.24) is 9.97 Å². The normalized spacial score (nSPS) is 14.2. The van der Waals surface area contributed by atoms with Crippen LogP contribution in [0.4, 0.5) is 17.3 Å². The van der Waals surface area contributed by atoms with Gasteiger partial charge in [-0.1, -0.05) is 48.0 Å². The molecule has 0 radical (unpaired) electrons. The van der Waals surface area contributed by atoms with E-state index in [2.05, 4.69) is 92.7 Å². The van der Waals surface area contributed by atoms with Crippen LogP contribution in [0.15, 0.2) is 60.7 Å². The first kappa shape index (κ1) is 18.3. The molecule has 1 aromatic heterocycles. The molecule has 2 aromatic carbocycles. The molecule has 1 aliphatic rings. The number of nitrogens with one attached hydrogen (secondary N) is 1. The molecule has 0 saturated carbocycles. The molecule has 2 heterocycles. The Kier molecular flexibility index (Phi) is 5.42. The van der Waals surface area contributed by atoms with Crippen LogP contribution in [-0.4, -0.2) is 36.1 Å². The lowest BCUT2D eigenvalue weighted by Crippen LogP contribution is -2.46. The Labute approximate surface area is 167 Å². The zero-order valence-electron chi connectivity index (χ0n) is 16.6. The van der Waals surface area contributed by atoms with Crippen LogP contribution >= 0.6 is 0 Å². The molecule has 0 atom stereocenters. The van der Waals surface area contributed by atoms with Gasteiger partial charge in [0.05, 0.1) is 0 Å². The molecule has 0 aliphatic carbocycles. The summed E-state index contributed by atoms with van der Waals surface area (Å²) in [5.41, 5.74) is 3.82. The quantitative estimate of drug-likeness (QED) is 0.731. The van der Waals surface area contributed by atoms with E-state index < -0.39 is 0 Å². The summed E-state index contributed by atoms with van der Waals surface area (Å²) in [7, 11) is 0. The van der Waals surface area contributed by atoms with Crippen LogP contribution in [0.3, 0.4) is 0 Å². The predicted octanol–water partition coefficient (Wildman–Crippen LogP) is 4.03. The number of rotatable bonds is 5. The lowest BCUT2D eigenvalue weighted by Gasteiger charge is -2.36. The molecule has 5 heteroatoms. The molecule has 0 bridgehead atoms. The smallest absolute Gasteiger partial charge is 0.134 e. The van der Waals surface area contributed by atoms with Crippen LogP contribution in [0, 0.1) is 13.8 Å². The van der Waals surface area contributed by atoms with Crippen LogP contribution < -0.4 is 15.1 Å². The molecule has 144 valence electrons. The molecule has 3 aromatic rings. The number of piperazine rings is 1. The number of nitrogens with zero attached hydrogens (tertiary/aromatic N) is 4. The van der Waals surface area contributed by atoms with Crippen LogP contribution in [-0.2, 0) is 6.54 Å². The largest absolute Gasteiger partial charge is 0.368 e. The zero-order valence-corrected chi connectivity index (χ0v) is 16.6. The average Bonchev–Trinajstić information content (AvgIpc) is 2.73.